The van der Waals surface area contributed by atoms with Crippen molar-refractivity contribution in [3.63, 3.8) is 0 Å². The molecule has 0 aliphatic carbocycles. The molecule has 0 aromatic rings. The third kappa shape index (κ3) is 5.27. The molecule has 0 atom stereocenters. The number of amides is 1. The number of halogens is 2. The third-order valence-corrected chi connectivity index (χ3v) is 3.71. The topological polar surface area (TPSA) is 113 Å². The van der Waals surface area contributed by atoms with Gasteiger partial charge in [-0.3, -0.25) is 0 Å². The van der Waals surface area contributed by atoms with E-state index in [1.54, 1.807) is 20.8 Å². The van der Waals surface area contributed by atoms with E-state index in [0.29, 0.717) is 0 Å². The molecule has 0 saturated carbocycles. The Morgan fingerprint density at radius 1 is 1.17 bits per heavy atom. The van der Waals surface area contributed by atoms with E-state index in [4.69, 9.17) is 4.74 Å². The van der Waals surface area contributed by atoms with Crippen LogP contribution in [-0.2, 0) is 24.4 Å². The van der Waals surface area contributed by atoms with Gasteiger partial charge >= 0.3 is 17.3 Å². The summed E-state index contributed by atoms with van der Waals surface area (Å²) in [6, 6.07) is 0. The molecule has 8 nitrogen and oxygen atoms in total. The van der Waals surface area contributed by atoms with Gasteiger partial charge in [-0.15, -0.1) is 0 Å². The number of rotatable bonds is 3. The number of alkyl halides is 2. The van der Waals surface area contributed by atoms with Crippen LogP contribution >= 0.6 is 0 Å². The molecule has 1 saturated heterocycles. The van der Waals surface area contributed by atoms with Crippen molar-refractivity contribution in [2.45, 2.75) is 50.6 Å². The van der Waals surface area contributed by atoms with Crippen molar-refractivity contribution in [1.29, 1.82) is 0 Å². The Hall–Kier alpha value is -1.49. The molecule has 1 aliphatic heterocycles. The molecule has 1 amide bonds. The van der Waals surface area contributed by atoms with E-state index < -0.39 is 39.1 Å². The summed E-state index contributed by atoms with van der Waals surface area (Å²) in [7, 11) is -6.14. The molecule has 0 aromatic heterocycles. The van der Waals surface area contributed by atoms with E-state index in [9.17, 15) is 31.3 Å². The summed E-state index contributed by atoms with van der Waals surface area (Å²) in [6.07, 6.45) is -1.54. The first-order valence-electron chi connectivity index (χ1n) is 6.76. The smallest absolute Gasteiger partial charge is 0.428 e. The van der Waals surface area contributed by atoms with Crippen molar-refractivity contribution in [1.82, 2.24) is 4.90 Å². The number of hydrogen-bond acceptors (Lipinski definition) is 7. The second kappa shape index (κ2) is 6.56. The van der Waals surface area contributed by atoms with Crippen LogP contribution in [0.15, 0.2) is 0 Å². The highest BCUT2D eigenvalue weighted by Gasteiger charge is 2.49. The third-order valence-electron chi connectivity index (χ3n) is 2.92. The van der Waals surface area contributed by atoms with Gasteiger partial charge in [0.1, 0.15) is 11.7 Å². The molecule has 23 heavy (non-hydrogen) atoms. The molecule has 11 heteroatoms. The van der Waals surface area contributed by atoms with Crippen LogP contribution in [0.3, 0.4) is 0 Å². The zero-order valence-electron chi connectivity index (χ0n) is 12.9. The lowest BCUT2D eigenvalue weighted by atomic mass is 10.1. The van der Waals surface area contributed by atoms with Gasteiger partial charge in [0.05, 0.1) is 0 Å². The van der Waals surface area contributed by atoms with E-state index in [0.717, 1.165) is 0 Å². The molecule has 1 fully saturated rings. The predicted octanol–water partition coefficient (Wildman–Crippen LogP) is 1.07. The number of esters is 1. The Labute approximate surface area is 132 Å². The van der Waals surface area contributed by atoms with E-state index in [2.05, 4.69) is 4.74 Å². The van der Waals surface area contributed by atoms with Crippen molar-refractivity contribution in [3.05, 3.63) is 0 Å². The maximum absolute atomic E-state index is 13.0. The molecule has 134 valence electrons. The summed E-state index contributed by atoms with van der Waals surface area (Å²) in [5.74, 6) is -2.40. The van der Waals surface area contributed by atoms with Gasteiger partial charge < -0.3 is 18.9 Å². The van der Waals surface area contributed by atoms with Gasteiger partial charge in [-0.1, -0.05) is 0 Å². The lowest BCUT2D eigenvalue weighted by molar-refractivity contribution is -0.169. The van der Waals surface area contributed by atoms with Gasteiger partial charge in [0.2, 0.25) is 0 Å². The van der Waals surface area contributed by atoms with Crippen LogP contribution in [0, 0.1) is 0 Å². The lowest BCUT2D eigenvalue weighted by Gasteiger charge is -2.33. The molecule has 0 N–H and O–H groups in total. The molecule has 1 heterocycles. The Morgan fingerprint density at radius 2 is 1.65 bits per heavy atom. The fourth-order valence-corrected chi connectivity index (χ4v) is 2.06. The maximum Gasteiger partial charge on any atom is 0.428 e. The van der Waals surface area contributed by atoms with Crippen LogP contribution in [0.1, 0.15) is 33.6 Å². The number of piperidine rings is 1. The first-order valence-corrected chi connectivity index (χ1v) is 8.17. The zero-order valence-corrected chi connectivity index (χ0v) is 13.7. The summed E-state index contributed by atoms with van der Waals surface area (Å²) < 4.78 is 66.5. The minimum Gasteiger partial charge on any atom is -0.743 e. The molecule has 0 radical (unpaired) electrons. The number of likely N-dealkylation sites (tertiary alicyclic amines) is 1. The second-order valence-electron chi connectivity index (χ2n) is 6.04. The quantitative estimate of drug-likeness (QED) is 0.547. The highest BCUT2D eigenvalue weighted by atomic mass is 32.2. The lowest BCUT2D eigenvalue weighted by Crippen LogP contribution is -2.46. The number of carbonyl (C=O) groups is 2. The minimum absolute atomic E-state index is 0.0277. The van der Waals surface area contributed by atoms with Crippen molar-refractivity contribution in [2.24, 2.45) is 0 Å². The average molecular weight is 358 g/mol. The van der Waals surface area contributed by atoms with Gasteiger partial charge in [-0.2, -0.15) is 8.78 Å². The molecule has 1 aliphatic rings. The molecular formula is C12H18F2NO7S-. The van der Waals surface area contributed by atoms with Crippen LogP contribution in [0.25, 0.3) is 0 Å². The summed E-state index contributed by atoms with van der Waals surface area (Å²) in [5, 5.41) is -5.13. The van der Waals surface area contributed by atoms with Crippen LogP contribution in [0.5, 0.6) is 0 Å². The van der Waals surface area contributed by atoms with E-state index in [1.807, 2.05) is 0 Å². The second-order valence-corrected chi connectivity index (χ2v) is 7.46. The van der Waals surface area contributed by atoms with E-state index in [-0.39, 0.29) is 25.9 Å². The van der Waals surface area contributed by atoms with Crippen LogP contribution in [0.2, 0.25) is 0 Å². The maximum atomic E-state index is 13.0. The fraction of sp³-hybridized carbons (Fsp3) is 0.833. The van der Waals surface area contributed by atoms with Gasteiger partial charge in [-0.05, 0) is 20.8 Å². The first kappa shape index (κ1) is 19.6. The monoisotopic (exact) mass is 358 g/mol. The number of carbonyl (C=O) groups excluding carboxylic acids is 2. The van der Waals surface area contributed by atoms with Crippen LogP contribution in [-0.4, -0.2) is 60.0 Å². The van der Waals surface area contributed by atoms with Crippen LogP contribution < -0.4 is 0 Å². The van der Waals surface area contributed by atoms with Crippen LogP contribution in [0.4, 0.5) is 13.6 Å². The van der Waals surface area contributed by atoms with Gasteiger partial charge in [0.15, 0.2) is 10.1 Å². The molecule has 1 rings (SSSR count). The number of ether oxygens (including phenoxy) is 2. The van der Waals surface area contributed by atoms with Crippen molar-refractivity contribution >= 4 is 22.2 Å². The largest absolute Gasteiger partial charge is 0.743 e. The zero-order chi connectivity index (χ0) is 18.1. The Morgan fingerprint density at radius 3 is 2.04 bits per heavy atom. The molecule has 0 spiro atoms. The number of hydrogen-bond donors (Lipinski definition) is 0. The summed E-state index contributed by atoms with van der Waals surface area (Å²) in [6.45, 7) is 5.23. The Bertz CT molecular complexity index is 562. The highest BCUT2D eigenvalue weighted by Crippen LogP contribution is 2.25. The van der Waals surface area contributed by atoms with Gasteiger partial charge in [0.25, 0.3) is 0 Å². The average Bonchev–Trinajstić information content (AvgIpc) is 2.36. The fourth-order valence-electron chi connectivity index (χ4n) is 1.80. The van der Waals surface area contributed by atoms with E-state index in [1.165, 1.54) is 4.90 Å². The van der Waals surface area contributed by atoms with Crippen molar-refractivity contribution in [2.75, 3.05) is 13.1 Å². The summed E-state index contributed by atoms with van der Waals surface area (Å²) in [5.41, 5.74) is -0.690. The summed E-state index contributed by atoms with van der Waals surface area (Å²) in [4.78, 5) is 24.2. The standard InChI is InChI=1S/C12H19F2NO7S/c1-11(2,3)22-10(17)15-6-4-8(5-7-15)21-9(16)12(13,14)23(18,19)20/h8H,4-7H2,1-3H3,(H,18,19,20)/p-1. The van der Waals surface area contributed by atoms with Gasteiger partial charge in [0, 0.05) is 25.9 Å². The molecule has 0 bridgehead atoms. The van der Waals surface area contributed by atoms with Crippen molar-refractivity contribution in [3.8, 4) is 0 Å². The molecule has 0 unspecified atom stereocenters. The highest BCUT2D eigenvalue weighted by molar-refractivity contribution is 7.87. The minimum atomic E-state index is -6.14. The van der Waals surface area contributed by atoms with E-state index >= 15 is 0 Å². The molecular weight excluding hydrogens is 340 g/mol. The molecule has 0 aromatic carbocycles. The summed E-state index contributed by atoms with van der Waals surface area (Å²) >= 11 is 0. The van der Waals surface area contributed by atoms with Crippen molar-refractivity contribution < 1.29 is 40.8 Å². The van der Waals surface area contributed by atoms with Gasteiger partial charge in [-0.25, -0.2) is 18.0 Å². The SMILES string of the molecule is CC(C)(C)OC(=O)N1CCC(OC(=O)C(F)(F)S(=O)(=O)[O-])CC1. The first-order chi connectivity index (χ1) is 10.2. The normalized spacial score (nSPS) is 17.7. The Kier molecular flexibility index (Phi) is 5.57. The predicted molar refractivity (Wildman–Crippen MR) is 71.6 cm³/mol. The Balaban J connectivity index is 2.55. The number of nitrogens with zero attached hydrogens (tertiary/aromatic N) is 1.